The molecule has 2 aliphatic rings. The van der Waals surface area contributed by atoms with Crippen LogP contribution in [0.3, 0.4) is 0 Å². The van der Waals surface area contributed by atoms with Crippen molar-refractivity contribution in [1.82, 2.24) is 0 Å². The maximum atomic E-state index is 10.7. The lowest BCUT2D eigenvalue weighted by Crippen LogP contribution is -2.26. The highest BCUT2D eigenvalue weighted by Crippen LogP contribution is 2.52. The summed E-state index contributed by atoms with van der Waals surface area (Å²) in [6, 6.07) is 21.6. The lowest BCUT2D eigenvalue weighted by Gasteiger charge is -2.31. The quantitative estimate of drug-likeness (QED) is 0.590. The Morgan fingerprint density at radius 1 is 0.741 bits per heavy atom. The van der Waals surface area contributed by atoms with E-state index in [9.17, 15) is 13.2 Å². The zero-order valence-electron chi connectivity index (χ0n) is 13.9. The van der Waals surface area contributed by atoms with Crippen LogP contribution in [0.25, 0.3) is 0 Å². The van der Waals surface area contributed by atoms with Gasteiger partial charge in [0.1, 0.15) is 0 Å². The van der Waals surface area contributed by atoms with Gasteiger partial charge in [0, 0.05) is 0 Å². The number of hydrogen-bond acceptors (Lipinski definition) is 2. The van der Waals surface area contributed by atoms with Crippen LogP contribution in [0.5, 0.6) is 0 Å². The molecular weight excluding hydrogens is 377 g/mol. The Morgan fingerprint density at radius 2 is 1.07 bits per heavy atom. The van der Waals surface area contributed by atoms with Gasteiger partial charge in [0.15, 0.2) is 0 Å². The largest absolute Gasteiger partial charge is 0.522 e. The van der Waals surface area contributed by atoms with Crippen molar-refractivity contribution in [1.29, 1.82) is 0 Å². The van der Waals surface area contributed by atoms with Crippen molar-refractivity contribution in [2.75, 3.05) is 0 Å². The molecule has 0 saturated heterocycles. The lowest BCUT2D eigenvalue weighted by atomic mass is 9.69. The third-order valence-corrected chi connectivity index (χ3v) is 5.04. The number of halogens is 3. The standard InChI is InChI=1S/C19H14.CHF3O3S/c1-3-7-15(8-4-1)19(16-9-5-2-6-10-16)17-11-12-18(19)14-13-17;2-1(3,4)8(5,6)7/h1-14H;(H,5,6,7). The van der Waals surface area contributed by atoms with Gasteiger partial charge < -0.3 is 0 Å². The minimum atomic E-state index is -5.84. The van der Waals surface area contributed by atoms with E-state index < -0.39 is 15.6 Å². The first kappa shape index (κ1) is 19.1. The van der Waals surface area contributed by atoms with Gasteiger partial charge in [0.05, 0.1) is 5.41 Å². The molecule has 0 spiro atoms. The fourth-order valence-electron chi connectivity index (χ4n) is 3.35. The first-order chi connectivity index (χ1) is 12.7. The van der Waals surface area contributed by atoms with Crippen molar-refractivity contribution in [3.63, 3.8) is 0 Å². The topological polar surface area (TPSA) is 54.4 Å². The van der Waals surface area contributed by atoms with E-state index >= 15 is 0 Å². The molecule has 27 heavy (non-hydrogen) atoms. The molecule has 4 rings (SSSR count). The lowest BCUT2D eigenvalue weighted by molar-refractivity contribution is -0.0510. The zero-order valence-corrected chi connectivity index (χ0v) is 14.7. The second-order valence-electron chi connectivity index (χ2n) is 5.98. The first-order valence-corrected chi connectivity index (χ1v) is 9.37. The Hall–Kier alpha value is -2.64. The minimum Gasteiger partial charge on any atom is -0.279 e. The average Bonchev–Trinajstić information content (AvgIpc) is 3.18. The smallest absolute Gasteiger partial charge is 0.279 e. The highest BCUT2D eigenvalue weighted by atomic mass is 32.2. The molecule has 2 bridgehead atoms. The van der Waals surface area contributed by atoms with Crippen LogP contribution in [-0.2, 0) is 15.5 Å². The predicted octanol–water partition coefficient (Wildman–Crippen LogP) is 4.80. The van der Waals surface area contributed by atoms with Gasteiger partial charge in [-0.1, -0.05) is 85.0 Å². The molecule has 0 heterocycles. The van der Waals surface area contributed by atoms with E-state index in [-0.39, 0.29) is 5.41 Å². The van der Waals surface area contributed by atoms with Crippen molar-refractivity contribution in [3.05, 3.63) is 107 Å². The van der Waals surface area contributed by atoms with E-state index in [1.807, 2.05) is 0 Å². The van der Waals surface area contributed by atoms with Gasteiger partial charge in [-0.25, -0.2) is 0 Å². The van der Waals surface area contributed by atoms with Crippen LogP contribution in [0.15, 0.2) is 96.1 Å². The van der Waals surface area contributed by atoms with Gasteiger partial charge in [-0.3, -0.25) is 4.55 Å². The first-order valence-electron chi connectivity index (χ1n) is 7.93. The van der Waals surface area contributed by atoms with Crippen LogP contribution in [0.4, 0.5) is 13.2 Å². The molecule has 0 unspecified atom stereocenters. The number of fused-ring (bicyclic) bond motifs is 2. The van der Waals surface area contributed by atoms with Crippen molar-refractivity contribution in [2.45, 2.75) is 10.9 Å². The van der Waals surface area contributed by atoms with Gasteiger partial charge in [0.25, 0.3) is 0 Å². The predicted molar refractivity (Wildman–Crippen MR) is 96.6 cm³/mol. The van der Waals surface area contributed by atoms with Crippen LogP contribution in [0.2, 0.25) is 0 Å². The molecule has 2 aliphatic carbocycles. The summed E-state index contributed by atoms with van der Waals surface area (Å²) in [5.74, 6) is 0. The molecule has 0 fully saturated rings. The molecule has 0 aromatic heterocycles. The normalized spacial score (nSPS) is 17.0. The molecular formula is C20H15F3O3S. The average molecular weight is 392 g/mol. The Kier molecular flexibility index (Phi) is 4.84. The SMILES string of the molecule is C1=CC2=CC=C1C2(c1ccccc1)c1ccccc1.O=S(=O)(O)C(F)(F)F. The fraction of sp³-hybridized carbons (Fsp3) is 0.100. The Balaban J connectivity index is 0.000000226. The van der Waals surface area contributed by atoms with E-state index in [4.69, 9.17) is 13.0 Å². The Morgan fingerprint density at radius 3 is 1.33 bits per heavy atom. The van der Waals surface area contributed by atoms with Gasteiger partial charge in [-0.05, 0) is 22.3 Å². The van der Waals surface area contributed by atoms with Crippen molar-refractivity contribution in [2.24, 2.45) is 0 Å². The molecule has 140 valence electrons. The molecule has 0 aliphatic heterocycles. The summed E-state index contributed by atoms with van der Waals surface area (Å²) in [6.07, 6.45) is 8.98. The molecule has 1 N–H and O–H groups in total. The van der Waals surface area contributed by atoms with E-state index in [1.54, 1.807) is 0 Å². The van der Waals surface area contributed by atoms with E-state index in [2.05, 4.69) is 85.0 Å². The summed E-state index contributed by atoms with van der Waals surface area (Å²) in [7, 11) is -5.84. The van der Waals surface area contributed by atoms with Gasteiger partial charge >= 0.3 is 15.6 Å². The second kappa shape index (κ2) is 6.83. The van der Waals surface area contributed by atoms with Gasteiger partial charge in [-0.15, -0.1) is 0 Å². The van der Waals surface area contributed by atoms with Crippen LogP contribution < -0.4 is 0 Å². The number of hydrogen-bond donors (Lipinski definition) is 1. The fourth-order valence-corrected chi connectivity index (χ4v) is 3.35. The summed E-state index contributed by atoms with van der Waals surface area (Å²) in [6.45, 7) is 0. The van der Waals surface area contributed by atoms with Crippen molar-refractivity contribution < 1.29 is 26.1 Å². The molecule has 0 atom stereocenters. The monoisotopic (exact) mass is 392 g/mol. The maximum absolute atomic E-state index is 10.7. The third kappa shape index (κ3) is 3.36. The van der Waals surface area contributed by atoms with Crippen molar-refractivity contribution >= 4 is 10.1 Å². The molecule has 0 amide bonds. The summed E-state index contributed by atoms with van der Waals surface area (Å²) >= 11 is 0. The summed E-state index contributed by atoms with van der Waals surface area (Å²) in [4.78, 5) is 0. The zero-order chi connectivity index (χ0) is 19.7. The minimum absolute atomic E-state index is 0.0808. The van der Waals surface area contributed by atoms with Crippen LogP contribution in [0, 0.1) is 0 Å². The highest BCUT2D eigenvalue weighted by molar-refractivity contribution is 7.86. The Labute approximate surface area is 154 Å². The number of rotatable bonds is 2. The highest BCUT2D eigenvalue weighted by Gasteiger charge is 2.45. The number of benzene rings is 2. The molecule has 3 nitrogen and oxygen atoms in total. The van der Waals surface area contributed by atoms with Crippen molar-refractivity contribution in [3.8, 4) is 0 Å². The molecule has 0 saturated carbocycles. The summed E-state index contributed by atoms with van der Waals surface area (Å²) in [5.41, 5.74) is -0.169. The molecule has 0 radical (unpaired) electrons. The summed E-state index contributed by atoms with van der Waals surface area (Å²) in [5, 5.41) is 0. The number of alkyl halides is 3. The van der Waals surface area contributed by atoms with E-state index in [0.717, 1.165) is 0 Å². The molecule has 2 aromatic carbocycles. The van der Waals surface area contributed by atoms with Gasteiger partial charge in [-0.2, -0.15) is 21.6 Å². The Bertz CT molecular complexity index is 956. The molecule has 2 aromatic rings. The van der Waals surface area contributed by atoms with Gasteiger partial charge in [0.2, 0.25) is 0 Å². The summed E-state index contributed by atoms with van der Waals surface area (Å²) < 4.78 is 57.5. The maximum Gasteiger partial charge on any atom is 0.522 e. The van der Waals surface area contributed by atoms with E-state index in [1.165, 1.54) is 22.3 Å². The number of allylic oxidation sites excluding steroid dienone is 6. The van der Waals surface area contributed by atoms with Crippen LogP contribution in [0.1, 0.15) is 11.1 Å². The third-order valence-electron chi connectivity index (χ3n) is 4.46. The molecule has 7 heteroatoms. The second-order valence-corrected chi connectivity index (χ2v) is 7.39. The van der Waals surface area contributed by atoms with E-state index in [0.29, 0.717) is 0 Å². The van der Waals surface area contributed by atoms with Crippen LogP contribution in [-0.4, -0.2) is 18.5 Å². The van der Waals surface area contributed by atoms with Crippen LogP contribution >= 0.6 is 0 Å².